The van der Waals surface area contributed by atoms with E-state index in [1.54, 1.807) is 0 Å². The van der Waals surface area contributed by atoms with Crippen molar-refractivity contribution in [2.24, 2.45) is 10.9 Å². The minimum Gasteiger partial charge on any atom is -0.381 e. The van der Waals surface area contributed by atoms with Gasteiger partial charge >= 0.3 is 0 Å². The largest absolute Gasteiger partial charge is 0.381 e. The van der Waals surface area contributed by atoms with Crippen LogP contribution in [0.4, 0.5) is 0 Å². The van der Waals surface area contributed by atoms with Crippen molar-refractivity contribution < 1.29 is 9.47 Å². The summed E-state index contributed by atoms with van der Waals surface area (Å²) in [7, 11) is 0. The molecule has 1 fully saturated rings. The van der Waals surface area contributed by atoms with Crippen molar-refractivity contribution in [1.29, 1.82) is 0 Å². The molecule has 1 unspecified atom stereocenters. The lowest BCUT2D eigenvalue weighted by molar-refractivity contribution is 0.0887. The Morgan fingerprint density at radius 2 is 2.06 bits per heavy atom. The Bertz CT molecular complexity index is 677. The van der Waals surface area contributed by atoms with Gasteiger partial charge in [-0.1, -0.05) is 24.3 Å². The maximum Gasteiger partial charge on any atom is 0.191 e. The first-order valence-electron chi connectivity index (χ1n) is 11.6. The molecule has 2 aliphatic heterocycles. The van der Waals surface area contributed by atoms with Crippen LogP contribution in [-0.2, 0) is 22.4 Å². The number of fused-ring (bicyclic) bond motifs is 1. The zero-order chi connectivity index (χ0) is 21.2. The summed E-state index contributed by atoms with van der Waals surface area (Å²) in [5, 5.41) is 6.83. The first kappa shape index (κ1) is 26.4. The van der Waals surface area contributed by atoms with Crippen LogP contribution in [0.25, 0.3) is 0 Å². The summed E-state index contributed by atoms with van der Waals surface area (Å²) in [5.74, 6) is 1.48. The second-order valence-corrected chi connectivity index (χ2v) is 9.03. The van der Waals surface area contributed by atoms with Crippen molar-refractivity contribution in [3.63, 3.8) is 0 Å². The average Bonchev–Trinajstić information content (AvgIpc) is 3.27. The molecule has 2 aliphatic rings. The van der Waals surface area contributed by atoms with E-state index in [1.807, 2.05) is 0 Å². The fourth-order valence-electron chi connectivity index (χ4n) is 4.07. The molecule has 0 bridgehead atoms. The van der Waals surface area contributed by atoms with E-state index in [0.29, 0.717) is 5.92 Å². The molecule has 7 heteroatoms. The van der Waals surface area contributed by atoms with Crippen molar-refractivity contribution in [2.75, 3.05) is 52.6 Å². The van der Waals surface area contributed by atoms with Crippen LogP contribution in [-0.4, -0.2) is 69.0 Å². The standard InChI is InChI=1S/C24H40N4O2.HI/c1-4-25-23(26-12-7-14-29-17-20-11-15-30-18-20)27-19-24(2,3)28-13-10-21-8-5-6-9-22(21)16-28;/h5-6,8-9,20H,4,7,10-19H2,1-3H3,(H2,25,26,27);1H. The van der Waals surface area contributed by atoms with Crippen molar-refractivity contribution in [1.82, 2.24) is 15.5 Å². The Balaban J connectivity index is 0.00000341. The third-order valence-electron chi connectivity index (χ3n) is 6.09. The molecule has 0 radical (unpaired) electrons. The van der Waals surface area contributed by atoms with Gasteiger partial charge in [0.2, 0.25) is 0 Å². The number of aliphatic imine (C=N–C) groups is 1. The highest BCUT2D eigenvalue weighted by Crippen LogP contribution is 2.25. The molecule has 0 spiro atoms. The van der Waals surface area contributed by atoms with Gasteiger partial charge in [0.1, 0.15) is 0 Å². The Labute approximate surface area is 205 Å². The number of ether oxygens (including phenoxy) is 2. The number of nitrogens with one attached hydrogen (secondary N) is 2. The molecule has 31 heavy (non-hydrogen) atoms. The average molecular weight is 545 g/mol. The summed E-state index contributed by atoms with van der Waals surface area (Å²) in [4.78, 5) is 7.45. The topological polar surface area (TPSA) is 58.1 Å². The quantitative estimate of drug-likeness (QED) is 0.205. The second-order valence-electron chi connectivity index (χ2n) is 9.03. The summed E-state index contributed by atoms with van der Waals surface area (Å²) in [6, 6.07) is 8.81. The van der Waals surface area contributed by atoms with Crippen LogP contribution in [0, 0.1) is 5.92 Å². The molecule has 3 rings (SSSR count). The van der Waals surface area contributed by atoms with Gasteiger partial charge < -0.3 is 20.1 Å². The van der Waals surface area contributed by atoms with E-state index in [4.69, 9.17) is 14.5 Å². The van der Waals surface area contributed by atoms with E-state index in [0.717, 1.165) is 84.4 Å². The summed E-state index contributed by atoms with van der Waals surface area (Å²) >= 11 is 0. The second kappa shape index (κ2) is 13.6. The summed E-state index contributed by atoms with van der Waals surface area (Å²) in [6.45, 7) is 14.6. The molecule has 6 nitrogen and oxygen atoms in total. The maximum atomic E-state index is 5.79. The molecule has 1 atom stereocenters. The van der Waals surface area contributed by atoms with E-state index in [2.05, 4.69) is 60.6 Å². The number of rotatable bonds is 10. The van der Waals surface area contributed by atoms with E-state index in [9.17, 15) is 0 Å². The van der Waals surface area contributed by atoms with Gasteiger partial charge in [0.15, 0.2) is 5.96 Å². The highest BCUT2D eigenvalue weighted by Gasteiger charge is 2.29. The fourth-order valence-corrected chi connectivity index (χ4v) is 4.07. The van der Waals surface area contributed by atoms with Crippen molar-refractivity contribution in [2.45, 2.75) is 52.1 Å². The van der Waals surface area contributed by atoms with E-state index in [1.165, 1.54) is 11.1 Å². The summed E-state index contributed by atoms with van der Waals surface area (Å²) in [6.07, 6.45) is 3.23. The van der Waals surface area contributed by atoms with Gasteiger partial charge in [-0.3, -0.25) is 9.89 Å². The molecule has 2 N–H and O–H groups in total. The van der Waals surface area contributed by atoms with Crippen molar-refractivity contribution >= 4 is 29.9 Å². The molecule has 2 heterocycles. The molecular formula is C24H41IN4O2. The van der Waals surface area contributed by atoms with Crippen molar-refractivity contribution in [3.8, 4) is 0 Å². The van der Waals surface area contributed by atoms with Crippen LogP contribution in [0.3, 0.4) is 0 Å². The molecule has 176 valence electrons. The molecule has 1 aromatic rings. The highest BCUT2D eigenvalue weighted by molar-refractivity contribution is 14.0. The Morgan fingerprint density at radius 1 is 1.26 bits per heavy atom. The normalized spacial score (nSPS) is 19.6. The van der Waals surface area contributed by atoms with E-state index in [-0.39, 0.29) is 29.5 Å². The molecule has 0 aliphatic carbocycles. The van der Waals surface area contributed by atoms with E-state index < -0.39 is 0 Å². The minimum absolute atomic E-state index is 0. The van der Waals surface area contributed by atoms with Crippen LogP contribution in [0.1, 0.15) is 44.7 Å². The van der Waals surface area contributed by atoms with Crippen LogP contribution in [0.2, 0.25) is 0 Å². The number of hydrogen-bond acceptors (Lipinski definition) is 4. The SMILES string of the molecule is CCNC(=NCC(C)(C)N1CCc2ccccc2C1)NCCCOCC1CCOC1.I. The molecular weight excluding hydrogens is 503 g/mol. The zero-order valence-corrected chi connectivity index (χ0v) is 21.8. The molecule has 0 aromatic heterocycles. The Kier molecular flexibility index (Phi) is 11.6. The van der Waals surface area contributed by atoms with Crippen LogP contribution >= 0.6 is 24.0 Å². The van der Waals surface area contributed by atoms with E-state index >= 15 is 0 Å². The number of guanidine groups is 1. The van der Waals surface area contributed by atoms with Crippen LogP contribution in [0.5, 0.6) is 0 Å². The van der Waals surface area contributed by atoms with Gasteiger partial charge in [0.05, 0.1) is 19.8 Å². The molecule has 1 saturated heterocycles. The number of halogens is 1. The molecule has 0 amide bonds. The third kappa shape index (κ3) is 8.51. The van der Waals surface area contributed by atoms with Gasteiger partial charge in [-0.15, -0.1) is 24.0 Å². The van der Waals surface area contributed by atoms with Gasteiger partial charge in [-0.05, 0) is 51.2 Å². The Morgan fingerprint density at radius 3 is 2.81 bits per heavy atom. The van der Waals surface area contributed by atoms with Gasteiger partial charge in [0, 0.05) is 50.8 Å². The zero-order valence-electron chi connectivity index (χ0n) is 19.5. The van der Waals surface area contributed by atoms with Gasteiger partial charge in [-0.25, -0.2) is 0 Å². The van der Waals surface area contributed by atoms with Gasteiger partial charge in [-0.2, -0.15) is 0 Å². The molecule has 0 saturated carbocycles. The smallest absolute Gasteiger partial charge is 0.191 e. The first-order chi connectivity index (χ1) is 14.6. The van der Waals surface area contributed by atoms with Crippen LogP contribution in [0.15, 0.2) is 29.3 Å². The number of benzene rings is 1. The predicted molar refractivity (Wildman–Crippen MR) is 138 cm³/mol. The number of hydrogen-bond donors (Lipinski definition) is 2. The monoisotopic (exact) mass is 544 g/mol. The minimum atomic E-state index is 0. The van der Waals surface area contributed by atoms with Gasteiger partial charge in [0.25, 0.3) is 0 Å². The lowest BCUT2D eigenvalue weighted by Crippen LogP contribution is -2.49. The number of nitrogens with zero attached hydrogens (tertiary/aromatic N) is 2. The fraction of sp³-hybridized carbons (Fsp3) is 0.708. The Hall–Kier alpha value is -0.900. The summed E-state index contributed by atoms with van der Waals surface area (Å²) in [5.41, 5.74) is 2.96. The summed E-state index contributed by atoms with van der Waals surface area (Å²) < 4.78 is 11.2. The first-order valence-corrected chi connectivity index (χ1v) is 11.6. The lowest BCUT2D eigenvalue weighted by atomic mass is 9.94. The highest BCUT2D eigenvalue weighted by atomic mass is 127. The van der Waals surface area contributed by atoms with Crippen LogP contribution < -0.4 is 10.6 Å². The predicted octanol–water partition coefficient (Wildman–Crippen LogP) is 3.44. The maximum absolute atomic E-state index is 5.79. The third-order valence-corrected chi connectivity index (χ3v) is 6.09. The molecule has 1 aromatic carbocycles. The van der Waals surface area contributed by atoms with Crippen molar-refractivity contribution in [3.05, 3.63) is 35.4 Å². The lowest BCUT2D eigenvalue weighted by Gasteiger charge is -2.40.